The molecule has 1 atom stereocenters. The van der Waals surface area contributed by atoms with E-state index in [9.17, 15) is 4.79 Å². The van der Waals surface area contributed by atoms with Gasteiger partial charge in [-0.05, 0) is 32.7 Å². The number of ether oxygens (including phenoxy) is 2. The first-order valence-corrected chi connectivity index (χ1v) is 6.23. The highest BCUT2D eigenvalue weighted by atomic mass is 16.7. The Labute approximate surface area is 97.7 Å². The molecule has 0 spiro atoms. The summed E-state index contributed by atoms with van der Waals surface area (Å²) in [4.78, 5) is 11.3. The van der Waals surface area contributed by atoms with Crippen molar-refractivity contribution >= 4 is 5.78 Å². The maximum Gasteiger partial charge on any atom is 0.157 e. The van der Waals surface area contributed by atoms with Crippen LogP contribution < -0.4 is 5.32 Å². The number of carbonyl (C=O) groups excluding carboxylic acids is 1. The summed E-state index contributed by atoms with van der Waals surface area (Å²) >= 11 is 0. The van der Waals surface area contributed by atoms with Gasteiger partial charge in [-0.2, -0.15) is 0 Å². The zero-order valence-electron chi connectivity index (χ0n) is 10.3. The van der Waals surface area contributed by atoms with Gasteiger partial charge in [0, 0.05) is 6.42 Å². The fourth-order valence-corrected chi connectivity index (χ4v) is 1.75. The Bertz CT molecular complexity index is 202. The molecule has 0 aromatic carbocycles. The molecule has 0 radical (unpaired) electrons. The predicted molar refractivity (Wildman–Crippen MR) is 62.3 cm³/mol. The second-order valence-corrected chi connectivity index (χ2v) is 4.16. The smallest absolute Gasteiger partial charge is 0.157 e. The molecule has 1 aliphatic heterocycles. The number of Topliss-reactive ketones (excluding diaryl/α,β-unsaturated/α-hetero) is 1. The second-order valence-electron chi connectivity index (χ2n) is 4.16. The van der Waals surface area contributed by atoms with Crippen molar-refractivity contribution in [2.24, 2.45) is 0 Å². The molecule has 0 aromatic rings. The Morgan fingerprint density at radius 2 is 2.06 bits per heavy atom. The van der Waals surface area contributed by atoms with E-state index in [1.807, 2.05) is 13.8 Å². The maximum atomic E-state index is 11.3. The van der Waals surface area contributed by atoms with Crippen LogP contribution in [0.25, 0.3) is 0 Å². The molecule has 0 amide bonds. The standard InChI is InChI=1S/C12H23NO3/c1-3-11(14)10(2)13-7-5-4-6-12-15-8-9-16-12/h10,12-13H,3-9H2,1-2H3. The molecule has 0 saturated carbocycles. The lowest BCUT2D eigenvalue weighted by Gasteiger charge is -2.12. The molecular weight excluding hydrogens is 206 g/mol. The predicted octanol–water partition coefficient (Wildman–Crippen LogP) is 1.49. The zero-order valence-corrected chi connectivity index (χ0v) is 10.3. The third-order valence-electron chi connectivity index (χ3n) is 2.84. The van der Waals surface area contributed by atoms with Gasteiger partial charge in [0.25, 0.3) is 0 Å². The molecule has 1 heterocycles. The van der Waals surface area contributed by atoms with Crippen LogP contribution in [0.3, 0.4) is 0 Å². The Kier molecular flexibility index (Phi) is 6.61. The first-order valence-electron chi connectivity index (χ1n) is 6.23. The minimum atomic E-state index is -0.0102. The Hall–Kier alpha value is -0.450. The van der Waals surface area contributed by atoms with Crippen molar-refractivity contribution in [2.45, 2.75) is 51.9 Å². The minimum absolute atomic E-state index is 0.00898. The van der Waals surface area contributed by atoms with Crippen LogP contribution in [0.2, 0.25) is 0 Å². The van der Waals surface area contributed by atoms with Crippen molar-refractivity contribution in [2.75, 3.05) is 19.8 Å². The second kappa shape index (κ2) is 7.76. The monoisotopic (exact) mass is 229 g/mol. The highest BCUT2D eigenvalue weighted by molar-refractivity contribution is 5.83. The van der Waals surface area contributed by atoms with Gasteiger partial charge in [-0.1, -0.05) is 6.92 Å². The third kappa shape index (κ3) is 5.05. The van der Waals surface area contributed by atoms with E-state index in [1.54, 1.807) is 0 Å². The summed E-state index contributed by atoms with van der Waals surface area (Å²) in [5.41, 5.74) is 0. The maximum absolute atomic E-state index is 11.3. The molecule has 1 fully saturated rings. The summed E-state index contributed by atoms with van der Waals surface area (Å²) < 4.78 is 10.7. The van der Waals surface area contributed by atoms with Crippen LogP contribution in [-0.4, -0.2) is 37.9 Å². The summed E-state index contributed by atoms with van der Waals surface area (Å²) in [6.45, 7) is 6.17. The number of carbonyl (C=O) groups is 1. The third-order valence-corrected chi connectivity index (χ3v) is 2.84. The van der Waals surface area contributed by atoms with Crippen LogP contribution in [0.15, 0.2) is 0 Å². The average Bonchev–Trinajstić information content (AvgIpc) is 2.80. The molecule has 0 aliphatic carbocycles. The van der Waals surface area contributed by atoms with E-state index in [4.69, 9.17) is 9.47 Å². The van der Waals surface area contributed by atoms with Gasteiger partial charge < -0.3 is 14.8 Å². The van der Waals surface area contributed by atoms with E-state index >= 15 is 0 Å². The van der Waals surface area contributed by atoms with Gasteiger partial charge in [-0.25, -0.2) is 0 Å². The molecule has 1 saturated heterocycles. The van der Waals surface area contributed by atoms with Crippen LogP contribution in [-0.2, 0) is 14.3 Å². The average molecular weight is 229 g/mol. The van der Waals surface area contributed by atoms with E-state index in [-0.39, 0.29) is 18.1 Å². The fraction of sp³-hybridized carbons (Fsp3) is 0.917. The normalized spacial score (nSPS) is 18.9. The molecule has 94 valence electrons. The van der Waals surface area contributed by atoms with Crippen molar-refractivity contribution in [3.05, 3.63) is 0 Å². The molecule has 1 rings (SSSR count). The Morgan fingerprint density at radius 3 is 2.69 bits per heavy atom. The summed E-state index contributed by atoms with van der Waals surface area (Å²) in [7, 11) is 0. The van der Waals surface area contributed by atoms with Gasteiger partial charge in [-0.3, -0.25) is 4.79 Å². The van der Waals surface area contributed by atoms with Crippen molar-refractivity contribution in [3.8, 4) is 0 Å². The molecule has 1 unspecified atom stereocenters. The quantitative estimate of drug-likeness (QED) is 0.641. The molecule has 16 heavy (non-hydrogen) atoms. The topological polar surface area (TPSA) is 47.6 Å². The van der Waals surface area contributed by atoms with Gasteiger partial charge in [-0.15, -0.1) is 0 Å². The highest BCUT2D eigenvalue weighted by Gasteiger charge is 2.15. The van der Waals surface area contributed by atoms with Crippen molar-refractivity contribution < 1.29 is 14.3 Å². The van der Waals surface area contributed by atoms with Crippen molar-refractivity contribution in [1.82, 2.24) is 5.32 Å². The molecule has 0 aromatic heterocycles. The van der Waals surface area contributed by atoms with Gasteiger partial charge in [0.2, 0.25) is 0 Å². The van der Waals surface area contributed by atoms with Crippen LogP contribution in [0, 0.1) is 0 Å². The van der Waals surface area contributed by atoms with Gasteiger partial charge in [0.1, 0.15) is 5.78 Å². The SMILES string of the molecule is CCC(=O)C(C)NCCCCC1OCCO1. The number of nitrogens with one attached hydrogen (secondary N) is 1. The molecule has 1 N–H and O–H groups in total. The highest BCUT2D eigenvalue weighted by Crippen LogP contribution is 2.11. The Balaban J connectivity index is 1.92. The van der Waals surface area contributed by atoms with E-state index < -0.39 is 0 Å². The molecular formula is C12H23NO3. The summed E-state index contributed by atoms with van der Waals surface area (Å²) in [5, 5.41) is 3.23. The Morgan fingerprint density at radius 1 is 1.38 bits per heavy atom. The van der Waals surface area contributed by atoms with Gasteiger partial charge in [0.05, 0.1) is 19.3 Å². The van der Waals surface area contributed by atoms with Crippen LogP contribution >= 0.6 is 0 Å². The van der Waals surface area contributed by atoms with Crippen LogP contribution in [0.5, 0.6) is 0 Å². The van der Waals surface area contributed by atoms with Gasteiger partial charge >= 0.3 is 0 Å². The van der Waals surface area contributed by atoms with E-state index in [0.717, 1.165) is 39.0 Å². The fourth-order valence-electron chi connectivity index (χ4n) is 1.75. The molecule has 1 aliphatic rings. The van der Waals surface area contributed by atoms with Crippen LogP contribution in [0.4, 0.5) is 0 Å². The zero-order chi connectivity index (χ0) is 11.8. The van der Waals surface area contributed by atoms with E-state index in [0.29, 0.717) is 6.42 Å². The number of hydrogen-bond acceptors (Lipinski definition) is 4. The summed E-state index contributed by atoms with van der Waals surface area (Å²) in [5.74, 6) is 0.280. The van der Waals surface area contributed by atoms with Crippen LogP contribution in [0.1, 0.15) is 39.5 Å². The lowest BCUT2D eigenvalue weighted by atomic mass is 10.1. The minimum Gasteiger partial charge on any atom is -0.350 e. The molecule has 0 bridgehead atoms. The first kappa shape index (κ1) is 13.6. The number of rotatable bonds is 8. The number of unbranched alkanes of at least 4 members (excludes halogenated alkanes) is 1. The van der Waals surface area contributed by atoms with Gasteiger partial charge in [0.15, 0.2) is 6.29 Å². The largest absolute Gasteiger partial charge is 0.350 e. The van der Waals surface area contributed by atoms with E-state index in [1.165, 1.54) is 0 Å². The number of ketones is 1. The lowest BCUT2D eigenvalue weighted by Crippen LogP contribution is -2.34. The summed E-state index contributed by atoms with van der Waals surface area (Å²) in [6.07, 6.45) is 3.71. The molecule has 4 heteroatoms. The number of hydrogen-bond donors (Lipinski definition) is 1. The molecule has 4 nitrogen and oxygen atoms in total. The van der Waals surface area contributed by atoms with Crippen molar-refractivity contribution in [3.63, 3.8) is 0 Å². The first-order chi connectivity index (χ1) is 7.74. The van der Waals surface area contributed by atoms with E-state index in [2.05, 4.69) is 5.32 Å². The summed E-state index contributed by atoms with van der Waals surface area (Å²) in [6, 6.07) is -0.0102. The lowest BCUT2D eigenvalue weighted by molar-refractivity contribution is -0.120. The van der Waals surface area contributed by atoms with Crippen molar-refractivity contribution in [1.29, 1.82) is 0 Å².